The second kappa shape index (κ2) is 10.9. The highest BCUT2D eigenvalue weighted by Gasteiger charge is 2.24. The second-order valence-corrected chi connectivity index (χ2v) is 9.01. The van der Waals surface area contributed by atoms with E-state index >= 15 is 0 Å². The predicted octanol–water partition coefficient (Wildman–Crippen LogP) is 3.24. The van der Waals surface area contributed by atoms with Crippen molar-refractivity contribution >= 4 is 12.1 Å². The van der Waals surface area contributed by atoms with Crippen LogP contribution in [0, 0.1) is 0 Å². The molecule has 9 nitrogen and oxygen atoms in total. The van der Waals surface area contributed by atoms with Crippen LogP contribution in [0.15, 0.2) is 41.5 Å². The fourth-order valence-electron chi connectivity index (χ4n) is 2.76. The number of carbonyl (C=O) groups is 1. The molecule has 1 aromatic heterocycles. The van der Waals surface area contributed by atoms with Crippen LogP contribution in [-0.2, 0) is 11.3 Å². The Morgan fingerprint density at radius 2 is 1.78 bits per heavy atom. The van der Waals surface area contributed by atoms with E-state index in [0.717, 1.165) is 17.1 Å². The molecule has 0 aliphatic carbocycles. The molecular weight excluding hydrogens is 408 g/mol. The van der Waals surface area contributed by atoms with Crippen molar-refractivity contribution in [2.45, 2.75) is 59.2 Å². The molecule has 32 heavy (non-hydrogen) atoms. The van der Waals surface area contributed by atoms with Crippen molar-refractivity contribution in [2.24, 2.45) is 4.99 Å². The molecular formula is C23H36N6O3. The van der Waals surface area contributed by atoms with Crippen LogP contribution in [0.3, 0.4) is 0 Å². The molecule has 1 aromatic carbocycles. The van der Waals surface area contributed by atoms with Crippen LogP contribution in [0.5, 0.6) is 5.75 Å². The standard InChI is InChI=1S/C23H36N6O3/c1-8-24-20(26-16-23(5,6)27-21(30)32-22(2,3)4)25-15-17-13-14-29(28-17)18-9-11-19(31-7)12-10-18/h9-14H,8,15-16H2,1-7H3,(H,27,30)(H2,24,25,26). The van der Waals surface area contributed by atoms with Crippen molar-refractivity contribution < 1.29 is 14.3 Å². The molecule has 0 fully saturated rings. The number of ether oxygens (including phenoxy) is 2. The van der Waals surface area contributed by atoms with Gasteiger partial charge in [0.2, 0.25) is 0 Å². The first-order valence-electron chi connectivity index (χ1n) is 10.7. The number of guanidine groups is 1. The van der Waals surface area contributed by atoms with Crippen molar-refractivity contribution in [3.63, 3.8) is 0 Å². The maximum Gasteiger partial charge on any atom is 0.408 e. The van der Waals surface area contributed by atoms with Gasteiger partial charge < -0.3 is 25.4 Å². The Morgan fingerprint density at radius 1 is 1.09 bits per heavy atom. The Balaban J connectivity index is 1.96. The molecule has 2 rings (SSSR count). The number of alkyl carbamates (subject to hydrolysis) is 1. The van der Waals surface area contributed by atoms with Gasteiger partial charge in [0, 0.05) is 19.3 Å². The fourth-order valence-corrected chi connectivity index (χ4v) is 2.76. The van der Waals surface area contributed by atoms with Crippen LogP contribution in [0.2, 0.25) is 0 Å². The monoisotopic (exact) mass is 444 g/mol. The molecule has 0 unspecified atom stereocenters. The minimum Gasteiger partial charge on any atom is -0.497 e. The van der Waals surface area contributed by atoms with Crippen LogP contribution >= 0.6 is 0 Å². The van der Waals surface area contributed by atoms with E-state index in [9.17, 15) is 4.79 Å². The maximum atomic E-state index is 12.1. The van der Waals surface area contributed by atoms with Crippen LogP contribution in [0.4, 0.5) is 4.79 Å². The second-order valence-electron chi connectivity index (χ2n) is 9.01. The highest BCUT2D eigenvalue weighted by Crippen LogP contribution is 2.15. The van der Waals surface area contributed by atoms with Crippen molar-refractivity contribution in [1.82, 2.24) is 25.7 Å². The number of aromatic nitrogens is 2. The Bertz CT molecular complexity index is 897. The Labute approximate surface area is 190 Å². The van der Waals surface area contributed by atoms with Gasteiger partial charge >= 0.3 is 6.09 Å². The summed E-state index contributed by atoms with van der Waals surface area (Å²) in [5.41, 5.74) is 0.707. The summed E-state index contributed by atoms with van der Waals surface area (Å²) < 4.78 is 12.3. The van der Waals surface area contributed by atoms with Gasteiger partial charge in [-0.3, -0.25) is 0 Å². The number of carbonyl (C=O) groups excluding carboxylic acids is 1. The van der Waals surface area contributed by atoms with Crippen molar-refractivity contribution in [2.75, 3.05) is 20.2 Å². The molecule has 1 amide bonds. The van der Waals surface area contributed by atoms with E-state index in [4.69, 9.17) is 9.47 Å². The van der Waals surface area contributed by atoms with Crippen LogP contribution in [-0.4, -0.2) is 53.2 Å². The fraction of sp³-hybridized carbons (Fsp3) is 0.522. The lowest BCUT2D eigenvalue weighted by Crippen LogP contribution is -2.54. The molecule has 176 valence electrons. The van der Waals surface area contributed by atoms with Gasteiger partial charge in [-0.2, -0.15) is 5.10 Å². The molecule has 0 saturated carbocycles. The summed E-state index contributed by atoms with van der Waals surface area (Å²) in [6.45, 7) is 13.0. The van der Waals surface area contributed by atoms with Gasteiger partial charge in [0.1, 0.15) is 11.4 Å². The number of benzene rings is 1. The van der Waals surface area contributed by atoms with Crippen molar-refractivity contribution in [3.8, 4) is 11.4 Å². The van der Waals surface area contributed by atoms with E-state index in [2.05, 4.69) is 26.0 Å². The maximum absolute atomic E-state index is 12.1. The third-order valence-corrected chi connectivity index (χ3v) is 4.26. The van der Waals surface area contributed by atoms with Gasteiger partial charge in [-0.1, -0.05) is 0 Å². The third kappa shape index (κ3) is 8.49. The van der Waals surface area contributed by atoms with Gasteiger partial charge in [-0.05, 0) is 71.9 Å². The number of methoxy groups -OCH3 is 1. The lowest BCUT2D eigenvalue weighted by molar-refractivity contribution is 0.0474. The number of hydrogen-bond donors (Lipinski definition) is 3. The molecule has 0 aliphatic heterocycles. The van der Waals surface area contributed by atoms with E-state index in [-0.39, 0.29) is 0 Å². The number of amides is 1. The lowest BCUT2D eigenvalue weighted by Gasteiger charge is -2.29. The molecule has 2 aromatic rings. The van der Waals surface area contributed by atoms with E-state index in [1.165, 1.54) is 0 Å². The molecule has 0 atom stereocenters. The summed E-state index contributed by atoms with van der Waals surface area (Å²) in [6, 6.07) is 9.63. The Morgan fingerprint density at radius 3 is 2.38 bits per heavy atom. The number of hydrogen-bond acceptors (Lipinski definition) is 5. The largest absolute Gasteiger partial charge is 0.497 e. The molecule has 0 saturated heterocycles. The number of nitrogens with zero attached hydrogens (tertiary/aromatic N) is 3. The third-order valence-electron chi connectivity index (χ3n) is 4.26. The lowest BCUT2D eigenvalue weighted by atomic mass is 10.1. The highest BCUT2D eigenvalue weighted by molar-refractivity contribution is 5.80. The van der Waals surface area contributed by atoms with Crippen LogP contribution < -0.4 is 20.7 Å². The van der Waals surface area contributed by atoms with Gasteiger partial charge in [0.15, 0.2) is 5.96 Å². The van der Waals surface area contributed by atoms with Crippen LogP contribution in [0.1, 0.15) is 47.2 Å². The van der Waals surface area contributed by atoms with Gasteiger partial charge in [0.25, 0.3) is 0 Å². The predicted molar refractivity (Wildman–Crippen MR) is 126 cm³/mol. The first kappa shape index (κ1) is 25.0. The minimum atomic E-state index is -0.542. The van der Waals surface area contributed by atoms with Crippen molar-refractivity contribution in [3.05, 3.63) is 42.2 Å². The number of nitrogens with one attached hydrogen (secondary N) is 3. The quantitative estimate of drug-likeness (QED) is 0.427. The molecule has 9 heteroatoms. The summed E-state index contributed by atoms with van der Waals surface area (Å²) in [7, 11) is 1.64. The number of rotatable bonds is 8. The van der Waals surface area contributed by atoms with E-state index < -0.39 is 17.2 Å². The Kier molecular flexibility index (Phi) is 8.51. The first-order chi connectivity index (χ1) is 15.0. The van der Waals surface area contributed by atoms with Gasteiger partial charge in [-0.25, -0.2) is 14.5 Å². The smallest absolute Gasteiger partial charge is 0.408 e. The van der Waals surface area contributed by atoms with Crippen LogP contribution in [0.25, 0.3) is 5.69 Å². The zero-order valence-corrected chi connectivity index (χ0v) is 20.2. The zero-order valence-electron chi connectivity index (χ0n) is 20.2. The molecule has 0 aliphatic rings. The highest BCUT2D eigenvalue weighted by atomic mass is 16.6. The summed E-state index contributed by atoms with van der Waals surface area (Å²) >= 11 is 0. The normalized spacial score (nSPS) is 12.3. The molecule has 0 radical (unpaired) electrons. The van der Waals surface area contributed by atoms with Crippen molar-refractivity contribution in [1.29, 1.82) is 0 Å². The minimum absolute atomic E-state index is 0.415. The topological polar surface area (TPSA) is 102 Å². The molecule has 0 bridgehead atoms. The summed E-state index contributed by atoms with van der Waals surface area (Å²) in [6.07, 6.45) is 1.45. The first-order valence-corrected chi connectivity index (χ1v) is 10.7. The van der Waals surface area contributed by atoms with E-state index in [0.29, 0.717) is 25.6 Å². The average molecular weight is 445 g/mol. The van der Waals surface area contributed by atoms with Gasteiger partial charge in [0.05, 0.1) is 30.6 Å². The summed E-state index contributed by atoms with van der Waals surface area (Å²) in [5, 5.41) is 14.0. The summed E-state index contributed by atoms with van der Waals surface area (Å²) in [5.74, 6) is 1.45. The van der Waals surface area contributed by atoms with E-state index in [1.807, 2.05) is 78.1 Å². The Hall–Kier alpha value is -3.23. The summed E-state index contributed by atoms with van der Waals surface area (Å²) in [4.78, 5) is 16.7. The zero-order chi connectivity index (χ0) is 23.8. The van der Waals surface area contributed by atoms with Gasteiger partial charge in [-0.15, -0.1) is 0 Å². The molecule has 1 heterocycles. The van der Waals surface area contributed by atoms with E-state index in [1.54, 1.807) is 11.8 Å². The molecule has 0 spiro atoms. The molecule has 3 N–H and O–H groups in total. The SMILES string of the molecule is CCNC(=NCc1ccn(-c2ccc(OC)cc2)n1)NCC(C)(C)NC(=O)OC(C)(C)C. The average Bonchev–Trinajstić information content (AvgIpc) is 3.17. The number of aliphatic imine (C=N–C) groups is 1.